The molecule has 0 fully saturated rings. The second-order valence-corrected chi connectivity index (χ2v) is 9.61. The second-order valence-electron chi connectivity index (χ2n) is 9.61. The lowest BCUT2D eigenvalue weighted by molar-refractivity contribution is -0.118. The molecule has 0 spiro atoms. The Morgan fingerprint density at radius 1 is 1.03 bits per heavy atom. The zero-order valence-electron chi connectivity index (χ0n) is 18.9. The fourth-order valence-electron chi connectivity index (χ4n) is 4.82. The Kier molecular flexibility index (Phi) is 5.34. The fourth-order valence-corrected chi connectivity index (χ4v) is 4.82. The van der Waals surface area contributed by atoms with Gasteiger partial charge in [0.25, 0.3) is 5.91 Å². The molecule has 0 unspecified atom stereocenters. The molecule has 160 valence electrons. The number of rotatable bonds is 3. The molecule has 0 saturated carbocycles. The van der Waals surface area contributed by atoms with Gasteiger partial charge < -0.3 is 10.6 Å². The predicted molar refractivity (Wildman–Crippen MR) is 125 cm³/mol. The molecule has 1 atom stereocenters. The Morgan fingerprint density at radius 3 is 2.48 bits per heavy atom. The van der Waals surface area contributed by atoms with Gasteiger partial charge in [-0.25, -0.2) is 0 Å². The molecule has 2 aromatic carbocycles. The number of ketones is 1. The number of aryl methyl sites for hydroxylation is 2. The van der Waals surface area contributed by atoms with E-state index in [0.717, 1.165) is 45.8 Å². The fraction of sp³-hybridized carbons (Fsp3) is 0.333. The van der Waals surface area contributed by atoms with Gasteiger partial charge in [-0.3, -0.25) is 9.59 Å². The van der Waals surface area contributed by atoms with Crippen molar-refractivity contribution in [3.63, 3.8) is 0 Å². The second kappa shape index (κ2) is 7.84. The summed E-state index contributed by atoms with van der Waals surface area (Å²) in [5.41, 5.74) is 6.90. The smallest absolute Gasteiger partial charge is 0.254 e. The van der Waals surface area contributed by atoms with Gasteiger partial charge in [0.15, 0.2) is 5.78 Å². The van der Waals surface area contributed by atoms with E-state index in [1.54, 1.807) is 0 Å². The third-order valence-electron chi connectivity index (χ3n) is 6.25. The van der Waals surface area contributed by atoms with Crippen LogP contribution in [0.4, 0.5) is 5.69 Å². The first kappa shape index (κ1) is 21.1. The number of Topliss-reactive ketones (excluding diaryl/α,β-unsaturated/α-hetero) is 1. The Balaban J connectivity index is 1.83. The summed E-state index contributed by atoms with van der Waals surface area (Å²) in [6.07, 6.45) is 1.28. The van der Waals surface area contributed by atoms with Gasteiger partial charge in [-0.15, -0.1) is 0 Å². The van der Waals surface area contributed by atoms with E-state index in [2.05, 4.69) is 30.5 Å². The van der Waals surface area contributed by atoms with Crippen molar-refractivity contribution in [2.45, 2.75) is 53.4 Å². The summed E-state index contributed by atoms with van der Waals surface area (Å²) in [5.74, 6) is -0.419. The molecule has 0 bridgehead atoms. The number of amides is 1. The van der Waals surface area contributed by atoms with Crippen LogP contribution < -0.4 is 10.6 Å². The maximum Gasteiger partial charge on any atom is 0.254 e. The third-order valence-corrected chi connectivity index (χ3v) is 6.25. The zero-order valence-corrected chi connectivity index (χ0v) is 18.9. The topological polar surface area (TPSA) is 58.2 Å². The molecule has 2 aromatic rings. The number of dihydropyridines is 1. The normalized spacial score (nSPS) is 20.3. The van der Waals surface area contributed by atoms with E-state index < -0.39 is 0 Å². The number of anilines is 1. The summed E-state index contributed by atoms with van der Waals surface area (Å²) in [5, 5.41) is 6.51. The standard InChI is InChI=1S/C27H30N2O2/c1-16-9-8-11-19(13-16)24-23(26(31)29-20-12-7-6-10-17(20)2)18(3)28-21-14-27(4,5)15-22(30)25(21)24/h6-13,24,28H,14-15H2,1-5H3,(H,29,31)/t24-/m1/s1. The van der Waals surface area contributed by atoms with E-state index in [-0.39, 0.29) is 23.0 Å². The van der Waals surface area contributed by atoms with Crippen LogP contribution in [0.15, 0.2) is 71.1 Å². The highest BCUT2D eigenvalue weighted by molar-refractivity contribution is 6.10. The number of hydrogen-bond acceptors (Lipinski definition) is 3. The van der Waals surface area contributed by atoms with Crippen molar-refractivity contribution < 1.29 is 9.59 Å². The molecule has 31 heavy (non-hydrogen) atoms. The monoisotopic (exact) mass is 414 g/mol. The van der Waals surface area contributed by atoms with E-state index in [4.69, 9.17) is 0 Å². The Bertz CT molecular complexity index is 1140. The Labute approximate surface area is 184 Å². The van der Waals surface area contributed by atoms with Gasteiger partial charge in [0, 0.05) is 40.6 Å². The molecular weight excluding hydrogens is 384 g/mol. The van der Waals surface area contributed by atoms with Crippen molar-refractivity contribution in [2.24, 2.45) is 5.41 Å². The van der Waals surface area contributed by atoms with Crippen LogP contribution in [-0.4, -0.2) is 11.7 Å². The largest absolute Gasteiger partial charge is 0.362 e. The van der Waals surface area contributed by atoms with Crippen LogP contribution in [0.2, 0.25) is 0 Å². The molecular formula is C27H30N2O2. The van der Waals surface area contributed by atoms with Gasteiger partial charge in [-0.05, 0) is 49.8 Å². The number of allylic oxidation sites excluding steroid dienone is 3. The maximum absolute atomic E-state index is 13.6. The van der Waals surface area contributed by atoms with E-state index in [0.29, 0.717) is 12.0 Å². The summed E-state index contributed by atoms with van der Waals surface area (Å²) in [7, 11) is 0. The minimum atomic E-state index is -0.372. The number of para-hydroxylation sites is 1. The van der Waals surface area contributed by atoms with E-state index in [1.165, 1.54) is 0 Å². The average Bonchev–Trinajstić information content (AvgIpc) is 2.67. The first-order valence-corrected chi connectivity index (χ1v) is 10.8. The Morgan fingerprint density at radius 2 is 1.77 bits per heavy atom. The van der Waals surface area contributed by atoms with Crippen molar-refractivity contribution in [1.29, 1.82) is 0 Å². The number of benzene rings is 2. The van der Waals surface area contributed by atoms with E-state index >= 15 is 0 Å². The lowest BCUT2D eigenvalue weighted by Gasteiger charge is -2.39. The summed E-state index contributed by atoms with van der Waals surface area (Å²) >= 11 is 0. The molecule has 2 aliphatic rings. The van der Waals surface area contributed by atoms with Gasteiger partial charge in [0.05, 0.1) is 0 Å². The lowest BCUT2D eigenvalue weighted by atomic mass is 9.68. The summed E-state index contributed by atoms with van der Waals surface area (Å²) < 4.78 is 0. The highest BCUT2D eigenvalue weighted by atomic mass is 16.2. The van der Waals surface area contributed by atoms with Gasteiger partial charge in [-0.2, -0.15) is 0 Å². The molecule has 1 amide bonds. The molecule has 1 aliphatic heterocycles. The van der Waals surface area contributed by atoms with Crippen molar-refractivity contribution in [3.05, 3.63) is 87.8 Å². The SMILES string of the molecule is CC1=C(C(=O)Nc2ccccc2C)[C@@H](c2cccc(C)c2)C2=C(CC(C)(C)CC2=O)N1. The quantitative estimate of drug-likeness (QED) is 0.693. The predicted octanol–water partition coefficient (Wildman–Crippen LogP) is 5.55. The van der Waals surface area contributed by atoms with Crippen molar-refractivity contribution in [3.8, 4) is 0 Å². The van der Waals surface area contributed by atoms with Crippen LogP contribution in [0.3, 0.4) is 0 Å². The number of carbonyl (C=O) groups is 2. The number of nitrogens with one attached hydrogen (secondary N) is 2. The molecule has 0 radical (unpaired) electrons. The van der Waals surface area contributed by atoms with Crippen molar-refractivity contribution in [2.75, 3.05) is 5.32 Å². The first-order chi connectivity index (χ1) is 14.7. The van der Waals surface area contributed by atoms with Crippen LogP contribution in [0.25, 0.3) is 0 Å². The summed E-state index contributed by atoms with van der Waals surface area (Å²) in [6.45, 7) is 10.2. The van der Waals surface area contributed by atoms with Crippen molar-refractivity contribution >= 4 is 17.4 Å². The van der Waals surface area contributed by atoms with Crippen LogP contribution in [0.1, 0.15) is 56.2 Å². The molecule has 2 N–H and O–H groups in total. The van der Waals surface area contributed by atoms with Crippen LogP contribution in [0, 0.1) is 19.3 Å². The molecule has 1 heterocycles. The molecule has 4 nitrogen and oxygen atoms in total. The highest BCUT2D eigenvalue weighted by Gasteiger charge is 2.42. The Hall–Kier alpha value is -3.14. The summed E-state index contributed by atoms with van der Waals surface area (Å²) in [6, 6.07) is 15.9. The summed E-state index contributed by atoms with van der Waals surface area (Å²) in [4.78, 5) is 26.9. The van der Waals surface area contributed by atoms with Crippen molar-refractivity contribution in [1.82, 2.24) is 5.32 Å². The third kappa shape index (κ3) is 4.07. The van der Waals surface area contributed by atoms with Crippen LogP contribution in [-0.2, 0) is 9.59 Å². The van der Waals surface area contributed by atoms with Gasteiger partial charge in [0.1, 0.15) is 0 Å². The van der Waals surface area contributed by atoms with Gasteiger partial charge >= 0.3 is 0 Å². The van der Waals surface area contributed by atoms with Gasteiger partial charge in [-0.1, -0.05) is 61.9 Å². The average molecular weight is 415 g/mol. The first-order valence-electron chi connectivity index (χ1n) is 10.8. The van der Waals surface area contributed by atoms with E-state index in [1.807, 2.05) is 63.2 Å². The maximum atomic E-state index is 13.6. The van der Waals surface area contributed by atoms with Gasteiger partial charge in [0.2, 0.25) is 0 Å². The van der Waals surface area contributed by atoms with Crippen LogP contribution >= 0.6 is 0 Å². The van der Waals surface area contributed by atoms with Crippen LogP contribution in [0.5, 0.6) is 0 Å². The number of hydrogen-bond donors (Lipinski definition) is 2. The number of carbonyl (C=O) groups excluding carboxylic acids is 2. The minimum absolute atomic E-state index is 0.0960. The molecule has 0 saturated heterocycles. The zero-order chi connectivity index (χ0) is 22.3. The molecule has 1 aliphatic carbocycles. The molecule has 4 heteroatoms. The lowest BCUT2D eigenvalue weighted by Crippen LogP contribution is -2.39. The van der Waals surface area contributed by atoms with E-state index in [9.17, 15) is 9.59 Å². The minimum Gasteiger partial charge on any atom is -0.362 e. The highest BCUT2D eigenvalue weighted by Crippen LogP contribution is 2.46. The molecule has 0 aromatic heterocycles. The molecule has 4 rings (SSSR count).